The van der Waals surface area contributed by atoms with E-state index in [1.54, 1.807) is 6.92 Å². The highest BCUT2D eigenvalue weighted by molar-refractivity contribution is 5.73. The van der Waals surface area contributed by atoms with Crippen molar-refractivity contribution in [3.63, 3.8) is 0 Å². The van der Waals surface area contributed by atoms with Crippen LogP contribution in [0.3, 0.4) is 0 Å². The van der Waals surface area contributed by atoms with E-state index >= 15 is 0 Å². The van der Waals surface area contributed by atoms with Crippen LogP contribution >= 0.6 is 0 Å². The molecule has 154 valence electrons. The Labute approximate surface area is 166 Å². The molecule has 0 radical (unpaired) electrons. The minimum atomic E-state index is 0.235. The number of carbonyl (C=O) groups is 1. The van der Waals surface area contributed by atoms with Crippen LogP contribution in [0.25, 0.3) is 0 Å². The first-order valence-corrected chi connectivity index (χ1v) is 11.7. The quantitative estimate of drug-likeness (QED) is 0.752. The zero-order valence-corrected chi connectivity index (χ0v) is 18.3. The molecule has 0 spiro atoms. The molecule has 0 aromatic rings. The molecule has 1 amide bonds. The SMILES string of the molecule is CC(=O)N(C)C1CC[C@@]2(C)C(CC[C@H]3[C@@H]4CC[C@H](C(C)N)[C@@]4(C)CC[C@@H]32)C1. The Kier molecular flexibility index (Phi) is 4.93. The molecular formula is C24H42N2O. The highest BCUT2D eigenvalue weighted by Crippen LogP contribution is 2.67. The Morgan fingerprint density at radius 2 is 1.67 bits per heavy atom. The molecule has 4 fully saturated rings. The van der Waals surface area contributed by atoms with Crippen LogP contribution in [0, 0.1) is 40.4 Å². The van der Waals surface area contributed by atoms with Crippen molar-refractivity contribution in [2.24, 2.45) is 46.2 Å². The standard InChI is InChI=1S/C24H42N2O/c1-15(25)20-8-9-21-19-7-6-17-14-18(26(5)16(2)27)10-12-23(17,3)22(19)11-13-24(20,21)4/h15,17-22H,6-14,25H2,1-5H3/t15?,17?,18?,19-,20+,21-,22-,23-,24+/m0/s1. The van der Waals surface area contributed by atoms with Gasteiger partial charge >= 0.3 is 0 Å². The van der Waals surface area contributed by atoms with Gasteiger partial charge in [0.1, 0.15) is 0 Å². The average Bonchev–Trinajstić information content (AvgIpc) is 2.97. The van der Waals surface area contributed by atoms with Gasteiger partial charge in [0, 0.05) is 26.1 Å². The molecule has 4 aliphatic rings. The fraction of sp³-hybridized carbons (Fsp3) is 0.958. The van der Waals surface area contributed by atoms with Gasteiger partial charge in [0.05, 0.1) is 0 Å². The third-order valence-electron chi connectivity index (χ3n) is 10.4. The fourth-order valence-corrected chi connectivity index (χ4v) is 8.75. The van der Waals surface area contributed by atoms with Gasteiger partial charge in [-0.3, -0.25) is 4.79 Å². The van der Waals surface area contributed by atoms with Crippen molar-refractivity contribution < 1.29 is 4.79 Å². The second kappa shape index (κ2) is 6.75. The predicted octanol–water partition coefficient (Wildman–Crippen LogP) is 4.84. The van der Waals surface area contributed by atoms with E-state index in [2.05, 4.69) is 20.8 Å². The normalized spacial score (nSPS) is 50.3. The summed E-state index contributed by atoms with van der Waals surface area (Å²) in [6, 6.07) is 0.820. The summed E-state index contributed by atoms with van der Waals surface area (Å²) < 4.78 is 0. The highest BCUT2D eigenvalue weighted by Gasteiger charge is 2.60. The molecule has 3 nitrogen and oxygen atoms in total. The molecule has 0 aliphatic heterocycles. The first kappa shape index (κ1) is 19.7. The van der Waals surface area contributed by atoms with Crippen molar-refractivity contribution in [3.05, 3.63) is 0 Å². The Bertz CT molecular complexity index is 589. The third kappa shape index (κ3) is 2.90. The predicted molar refractivity (Wildman–Crippen MR) is 111 cm³/mol. The number of rotatable bonds is 2. The lowest BCUT2D eigenvalue weighted by atomic mass is 9.44. The molecule has 4 rings (SSSR count). The minimum absolute atomic E-state index is 0.235. The van der Waals surface area contributed by atoms with Gasteiger partial charge in [-0.1, -0.05) is 13.8 Å². The molecule has 0 saturated heterocycles. The Morgan fingerprint density at radius 3 is 2.33 bits per heavy atom. The average molecular weight is 375 g/mol. The van der Waals surface area contributed by atoms with Gasteiger partial charge in [-0.05, 0) is 105 Å². The van der Waals surface area contributed by atoms with Crippen LogP contribution in [0.5, 0.6) is 0 Å². The summed E-state index contributed by atoms with van der Waals surface area (Å²) in [5, 5.41) is 0. The number of carbonyl (C=O) groups excluding carboxylic acids is 1. The van der Waals surface area contributed by atoms with Gasteiger partial charge in [0.15, 0.2) is 0 Å². The zero-order chi connectivity index (χ0) is 19.6. The Morgan fingerprint density at radius 1 is 1.00 bits per heavy atom. The van der Waals surface area contributed by atoms with Gasteiger partial charge in [-0.25, -0.2) is 0 Å². The van der Waals surface area contributed by atoms with Crippen molar-refractivity contribution in [2.75, 3.05) is 7.05 Å². The third-order valence-corrected chi connectivity index (χ3v) is 10.4. The topological polar surface area (TPSA) is 46.3 Å². The molecule has 3 heteroatoms. The van der Waals surface area contributed by atoms with Gasteiger partial charge in [0.2, 0.25) is 5.91 Å². The van der Waals surface area contributed by atoms with E-state index in [0.29, 0.717) is 22.9 Å². The van der Waals surface area contributed by atoms with E-state index in [0.717, 1.165) is 29.6 Å². The largest absolute Gasteiger partial charge is 0.343 e. The molecule has 0 heterocycles. The van der Waals surface area contributed by atoms with E-state index in [1.807, 2.05) is 11.9 Å². The lowest BCUT2D eigenvalue weighted by Gasteiger charge is -2.61. The van der Waals surface area contributed by atoms with Crippen LogP contribution < -0.4 is 5.73 Å². The maximum atomic E-state index is 11.9. The number of hydrogen-bond acceptors (Lipinski definition) is 2. The maximum Gasteiger partial charge on any atom is 0.219 e. The molecule has 4 saturated carbocycles. The monoisotopic (exact) mass is 374 g/mol. The summed E-state index contributed by atoms with van der Waals surface area (Å²) in [6.07, 6.45) is 12.2. The minimum Gasteiger partial charge on any atom is -0.343 e. The van der Waals surface area contributed by atoms with Gasteiger partial charge < -0.3 is 10.6 Å². The van der Waals surface area contributed by atoms with E-state index in [4.69, 9.17) is 5.73 Å². The van der Waals surface area contributed by atoms with Gasteiger partial charge in [-0.15, -0.1) is 0 Å². The van der Waals surface area contributed by atoms with Crippen LogP contribution in [0.4, 0.5) is 0 Å². The van der Waals surface area contributed by atoms with E-state index < -0.39 is 0 Å². The highest BCUT2D eigenvalue weighted by atomic mass is 16.2. The molecule has 0 bridgehead atoms. The first-order chi connectivity index (χ1) is 12.7. The van der Waals surface area contributed by atoms with Gasteiger partial charge in [-0.2, -0.15) is 0 Å². The lowest BCUT2D eigenvalue weighted by Crippen LogP contribution is -2.56. The molecule has 9 atom stereocenters. The van der Waals surface area contributed by atoms with Crippen LogP contribution in [-0.4, -0.2) is 29.9 Å². The summed E-state index contributed by atoms with van der Waals surface area (Å²) in [5.41, 5.74) is 7.42. The van der Waals surface area contributed by atoms with Crippen molar-refractivity contribution in [2.45, 2.75) is 97.6 Å². The summed E-state index contributed by atoms with van der Waals surface area (Å²) >= 11 is 0. The Hall–Kier alpha value is -0.570. The van der Waals surface area contributed by atoms with Crippen LogP contribution in [0.2, 0.25) is 0 Å². The number of nitrogens with two attached hydrogens (primary N) is 1. The smallest absolute Gasteiger partial charge is 0.219 e. The Balaban J connectivity index is 1.53. The zero-order valence-electron chi connectivity index (χ0n) is 18.3. The number of nitrogens with zero attached hydrogens (tertiary/aromatic N) is 1. The molecule has 0 aromatic heterocycles. The fourth-order valence-electron chi connectivity index (χ4n) is 8.75. The van der Waals surface area contributed by atoms with Crippen LogP contribution in [0.1, 0.15) is 85.5 Å². The maximum absolute atomic E-state index is 11.9. The van der Waals surface area contributed by atoms with Crippen molar-refractivity contribution in [1.29, 1.82) is 0 Å². The van der Waals surface area contributed by atoms with Crippen molar-refractivity contribution in [3.8, 4) is 0 Å². The van der Waals surface area contributed by atoms with E-state index in [9.17, 15) is 4.79 Å². The second-order valence-corrected chi connectivity index (χ2v) is 11.3. The molecule has 4 aliphatic carbocycles. The summed E-state index contributed by atoms with van der Waals surface area (Å²) in [4.78, 5) is 13.9. The molecule has 0 aromatic carbocycles. The van der Waals surface area contributed by atoms with Crippen molar-refractivity contribution in [1.82, 2.24) is 4.90 Å². The second-order valence-electron chi connectivity index (χ2n) is 11.3. The molecular weight excluding hydrogens is 332 g/mol. The van der Waals surface area contributed by atoms with Crippen molar-refractivity contribution >= 4 is 5.91 Å². The van der Waals surface area contributed by atoms with Gasteiger partial charge in [0.25, 0.3) is 0 Å². The first-order valence-electron chi connectivity index (χ1n) is 11.7. The number of hydrogen-bond donors (Lipinski definition) is 1. The molecule has 27 heavy (non-hydrogen) atoms. The summed E-state index contributed by atoms with van der Waals surface area (Å²) in [5.74, 6) is 4.52. The summed E-state index contributed by atoms with van der Waals surface area (Å²) in [6.45, 7) is 9.18. The lowest BCUT2D eigenvalue weighted by molar-refractivity contribution is -0.138. The van der Waals surface area contributed by atoms with Crippen LogP contribution in [-0.2, 0) is 4.79 Å². The number of fused-ring (bicyclic) bond motifs is 5. The number of amides is 1. The summed E-state index contributed by atoms with van der Waals surface area (Å²) in [7, 11) is 2.01. The van der Waals surface area contributed by atoms with E-state index in [-0.39, 0.29) is 5.91 Å². The molecule has 2 N–H and O–H groups in total. The van der Waals surface area contributed by atoms with E-state index in [1.165, 1.54) is 57.8 Å². The van der Waals surface area contributed by atoms with Crippen LogP contribution in [0.15, 0.2) is 0 Å². The molecule has 3 unspecified atom stereocenters.